The van der Waals surface area contributed by atoms with Crippen molar-refractivity contribution in [2.24, 2.45) is 0 Å². The Morgan fingerprint density at radius 1 is 1.21 bits per heavy atom. The molecule has 1 atom stereocenters. The minimum atomic E-state index is -4.03. The van der Waals surface area contributed by atoms with Crippen LogP contribution in [0, 0.1) is 6.92 Å². The zero-order chi connectivity index (χ0) is 21.2. The molecule has 2 aromatic rings. The van der Waals surface area contributed by atoms with Gasteiger partial charge in [-0.25, -0.2) is 13.1 Å². The van der Waals surface area contributed by atoms with Crippen LogP contribution in [0.3, 0.4) is 0 Å². The Bertz CT molecular complexity index is 1040. The molecule has 1 aliphatic heterocycles. The number of halogens is 1. The van der Waals surface area contributed by atoms with Crippen molar-refractivity contribution < 1.29 is 22.7 Å². The van der Waals surface area contributed by atoms with E-state index in [1.54, 1.807) is 43.3 Å². The molecule has 0 aromatic heterocycles. The maximum Gasteiger partial charge on any atom is 0.264 e. The molecule has 0 spiro atoms. The van der Waals surface area contributed by atoms with Gasteiger partial charge in [-0.3, -0.25) is 9.59 Å². The summed E-state index contributed by atoms with van der Waals surface area (Å²) in [6.07, 6.45) is 0.356. The monoisotopic (exact) mass is 436 g/mol. The molecule has 9 heteroatoms. The number of hydrogen-bond acceptors (Lipinski definition) is 5. The Morgan fingerprint density at radius 2 is 1.90 bits per heavy atom. The molecule has 0 aliphatic carbocycles. The van der Waals surface area contributed by atoms with Gasteiger partial charge >= 0.3 is 0 Å². The molecule has 0 radical (unpaired) electrons. The summed E-state index contributed by atoms with van der Waals surface area (Å²) in [7, 11) is -4.03. The number of ether oxygens (including phenoxy) is 1. The molecule has 29 heavy (non-hydrogen) atoms. The molecule has 1 heterocycles. The molecule has 1 saturated heterocycles. The second-order valence-electron chi connectivity index (χ2n) is 7.06. The Morgan fingerprint density at radius 3 is 2.48 bits per heavy atom. The van der Waals surface area contributed by atoms with Crippen LogP contribution in [0.2, 0.25) is 5.02 Å². The summed E-state index contributed by atoms with van der Waals surface area (Å²) >= 11 is 5.81. The number of carbonyl (C=O) groups excluding carboxylic acids is 2. The van der Waals surface area contributed by atoms with Gasteiger partial charge < -0.3 is 9.64 Å². The third-order valence-corrected chi connectivity index (χ3v) is 6.49. The first-order valence-corrected chi connectivity index (χ1v) is 10.8. The van der Waals surface area contributed by atoms with Gasteiger partial charge in [-0.15, -0.1) is 0 Å². The number of nitrogens with one attached hydrogen (secondary N) is 1. The lowest BCUT2D eigenvalue weighted by molar-refractivity contribution is -0.158. The summed E-state index contributed by atoms with van der Waals surface area (Å²) < 4.78 is 32.6. The normalized spacial score (nSPS) is 18.7. The number of likely N-dealkylation sites (tertiary alicyclic amines) is 1. The molecular weight excluding hydrogens is 416 g/mol. The second-order valence-corrected chi connectivity index (χ2v) is 9.18. The Labute approximate surface area is 174 Å². The summed E-state index contributed by atoms with van der Waals surface area (Å²) in [6, 6.07) is 12.8. The molecule has 1 N–H and O–H groups in total. The standard InChI is InChI=1S/C20H21ClN2O5S/c1-14-4-3-5-17(12-14)29(26,27)22-19(25)20(2)10-11-23(20)18(24)13-28-16-8-6-15(21)7-9-16/h3-9,12H,10-11,13H2,1-2H3,(H,22,25). The number of benzene rings is 2. The summed E-state index contributed by atoms with van der Waals surface area (Å²) in [5, 5.41) is 0.547. The highest BCUT2D eigenvalue weighted by Gasteiger charge is 2.50. The van der Waals surface area contributed by atoms with Crippen molar-refractivity contribution in [3.05, 3.63) is 59.1 Å². The summed E-state index contributed by atoms with van der Waals surface area (Å²) in [5.41, 5.74) is -0.497. The lowest BCUT2D eigenvalue weighted by atomic mass is 9.86. The van der Waals surface area contributed by atoms with Crippen LogP contribution in [0.15, 0.2) is 53.4 Å². The molecule has 2 amide bonds. The fourth-order valence-corrected chi connectivity index (χ4v) is 4.33. The van der Waals surface area contributed by atoms with Crippen LogP contribution in [-0.2, 0) is 19.6 Å². The zero-order valence-electron chi connectivity index (χ0n) is 16.0. The molecule has 7 nitrogen and oxygen atoms in total. The van der Waals surface area contributed by atoms with E-state index in [1.165, 1.54) is 24.0 Å². The number of sulfonamides is 1. The molecule has 1 aliphatic rings. The molecule has 2 aromatic carbocycles. The van der Waals surface area contributed by atoms with Crippen molar-refractivity contribution in [2.45, 2.75) is 30.7 Å². The van der Waals surface area contributed by atoms with E-state index >= 15 is 0 Å². The number of amides is 2. The average Bonchev–Trinajstić information content (AvgIpc) is 2.65. The van der Waals surface area contributed by atoms with Crippen LogP contribution in [0.25, 0.3) is 0 Å². The first kappa shape index (κ1) is 21.1. The zero-order valence-corrected chi connectivity index (χ0v) is 17.6. The first-order valence-electron chi connectivity index (χ1n) is 8.94. The van der Waals surface area contributed by atoms with Gasteiger partial charge in [-0.2, -0.15) is 0 Å². The number of carbonyl (C=O) groups is 2. The Kier molecular flexibility index (Phi) is 5.86. The van der Waals surface area contributed by atoms with Gasteiger partial charge in [0.15, 0.2) is 6.61 Å². The summed E-state index contributed by atoms with van der Waals surface area (Å²) in [5.74, 6) is -0.682. The maximum atomic E-state index is 12.7. The van der Waals surface area contributed by atoms with E-state index in [-0.39, 0.29) is 11.5 Å². The maximum absolute atomic E-state index is 12.7. The fourth-order valence-electron chi connectivity index (χ4n) is 3.02. The molecular formula is C20H21ClN2O5S. The van der Waals surface area contributed by atoms with E-state index < -0.39 is 27.4 Å². The van der Waals surface area contributed by atoms with E-state index in [9.17, 15) is 18.0 Å². The van der Waals surface area contributed by atoms with Crippen molar-refractivity contribution in [2.75, 3.05) is 13.2 Å². The highest BCUT2D eigenvalue weighted by Crippen LogP contribution is 2.31. The molecule has 1 fully saturated rings. The predicted molar refractivity (Wildman–Crippen MR) is 108 cm³/mol. The van der Waals surface area contributed by atoms with Gasteiger partial charge in [0, 0.05) is 11.6 Å². The minimum absolute atomic E-state index is 0.00211. The van der Waals surface area contributed by atoms with Crippen molar-refractivity contribution in [3.8, 4) is 5.75 Å². The van der Waals surface area contributed by atoms with Crippen LogP contribution < -0.4 is 9.46 Å². The molecule has 1 unspecified atom stereocenters. The lowest BCUT2D eigenvalue weighted by Gasteiger charge is -2.48. The van der Waals surface area contributed by atoms with Crippen LogP contribution in [0.1, 0.15) is 18.9 Å². The fraction of sp³-hybridized carbons (Fsp3) is 0.300. The quantitative estimate of drug-likeness (QED) is 0.751. The van der Waals surface area contributed by atoms with E-state index in [2.05, 4.69) is 4.72 Å². The minimum Gasteiger partial charge on any atom is -0.484 e. The second kappa shape index (κ2) is 8.04. The SMILES string of the molecule is Cc1cccc(S(=O)(=O)NC(=O)C2(C)CCN2C(=O)COc2ccc(Cl)cc2)c1. The number of hydrogen-bond donors (Lipinski definition) is 1. The molecule has 3 rings (SSSR count). The molecule has 154 valence electrons. The van der Waals surface area contributed by atoms with Crippen LogP contribution in [0.5, 0.6) is 5.75 Å². The van der Waals surface area contributed by atoms with Gasteiger partial charge in [0.05, 0.1) is 4.90 Å². The van der Waals surface area contributed by atoms with Crippen molar-refractivity contribution in [1.29, 1.82) is 0 Å². The van der Waals surface area contributed by atoms with Crippen molar-refractivity contribution in [3.63, 3.8) is 0 Å². The highest BCUT2D eigenvalue weighted by atomic mass is 35.5. The van der Waals surface area contributed by atoms with Gasteiger partial charge in [0.25, 0.3) is 21.8 Å². The molecule has 0 saturated carbocycles. The highest BCUT2D eigenvalue weighted by molar-refractivity contribution is 7.90. The number of rotatable bonds is 6. The van der Waals surface area contributed by atoms with E-state index in [0.29, 0.717) is 23.7 Å². The third kappa shape index (κ3) is 4.54. The summed E-state index contributed by atoms with van der Waals surface area (Å²) in [6.45, 7) is 3.37. The Hall–Kier alpha value is -2.58. The van der Waals surface area contributed by atoms with E-state index in [4.69, 9.17) is 16.3 Å². The number of nitrogens with zero attached hydrogens (tertiary/aromatic N) is 1. The van der Waals surface area contributed by atoms with Crippen LogP contribution in [0.4, 0.5) is 0 Å². The van der Waals surface area contributed by atoms with Crippen LogP contribution >= 0.6 is 11.6 Å². The van der Waals surface area contributed by atoms with E-state index in [1.807, 2.05) is 0 Å². The van der Waals surface area contributed by atoms with Crippen molar-refractivity contribution >= 4 is 33.4 Å². The first-order chi connectivity index (χ1) is 13.6. The Balaban J connectivity index is 1.65. The van der Waals surface area contributed by atoms with Crippen LogP contribution in [-0.4, -0.2) is 43.8 Å². The van der Waals surface area contributed by atoms with Crippen molar-refractivity contribution in [1.82, 2.24) is 9.62 Å². The van der Waals surface area contributed by atoms with E-state index in [0.717, 1.165) is 5.56 Å². The number of aryl methyl sites for hydroxylation is 1. The molecule has 0 bridgehead atoms. The van der Waals surface area contributed by atoms with Gasteiger partial charge in [-0.1, -0.05) is 23.7 Å². The third-order valence-electron chi connectivity index (χ3n) is 4.91. The van der Waals surface area contributed by atoms with Gasteiger partial charge in [0.1, 0.15) is 11.3 Å². The largest absolute Gasteiger partial charge is 0.484 e. The lowest BCUT2D eigenvalue weighted by Crippen LogP contribution is -2.68. The predicted octanol–water partition coefficient (Wildman–Crippen LogP) is 2.52. The average molecular weight is 437 g/mol. The topological polar surface area (TPSA) is 92.8 Å². The van der Waals surface area contributed by atoms with Gasteiger partial charge in [0.2, 0.25) is 0 Å². The summed E-state index contributed by atoms with van der Waals surface area (Å²) in [4.78, 5) is 26.5. The smallest absolute Gasteiger partial charge is 0.264 e. The van der Waals surface area contributed by atoms with Gasteiger partial charge in [-0.05, 0) is 62.2 Å².